The number of rotatable bonds is 19. The van der Waals surface area contributed by atoms with E-state index in [-0.39, 0.29) is 58.6 Å². The van der Waals surface area contributed by atoms with Crippen molar-refractivity contribution in [1.82, 2.24) is 15.0 Å². The van der Waals surface area contributed by atoms with Gasteiger partial charge in [0.05, 0.1) is 26.3 Å². The van der Waals surface area contributed by atoms with Crippen molar-refractivity contribution < 1.29 is 28.7 Å². The van der Waals surface area contributed by atoms with Crippen LogP contribution >= 0.6 is 0 Å². The van der Waals surface area contributed by atoms with Crippen molar-refractivity contribution in [2.45, 2.75) is 190 Å². The van der Waals surface area contributed by atoms with E-state index in [1.54, 1.807) is 6.92 Å². The van der Waals surface area contributed by atoms with Gasteiger partial charge in [0, 0.05) is 28.2 Å². The minimum absolute atomic E-state index is 0.00962. The third-order valence-electron chi connectivity index (χ3n) is 13.7. The minimum Gasteiger partial charge on any atom is -0.467 e. The van der Waals surface area contributed by atoms with Crippen LogP contribution < -0.4 is 0 Å². The van der Waals surface area contributed by atoms with Crippen LogP contribution in [0.15, 0.2) is 164 Å². The first kappa shape index (κ1) is 68.7. The summed E-state index contributed by atoms with van der Waals surface area (Å²) in [5, 5.41) is 4.19. The normalized spacial score (nSPS) is 14.6. The molecule has 5 aromatic carbocycles. The molecule has 9 nitrogen and oxygen atoms in total. The molecule has 0 bridgehead atoms. The topological polar surface area (TPSA) is 80.8 Å². The van der Waals surface area contributed by atoms with Crippen LogP contribution in [0.4, 0.5) is 0 Å². The Kier molecular flexibility index (Phi) is 28.2. The van der Waals surface area contributed by atoms with Crippen LogP contribution in [0, 0.1) is 17.8 Å². The van der Waals surface area contributed by atoms with Gasteiger partial charge in [-0.3, -0.25) is 14.6 Å². The molecule has 0 saturated heterocycles. The van der Waals surface area contributed by atoms with Gasteiger partial charge in [-0.1, -0.05) is 207 Å². The van der Waals surface area contributed by atoms with Gasteiger partial charge < -0.3 is 9.47 Å². The maximum Gasteiger partial charge on any atom is 0.340 e. The van der Waals surface area contributed by atoms with Crippen LogP contribution in [0.25, 0.3) is 0 Å². The van der Waals surface area contributed by atoms with E-state index >= 15 is 0 Å². The highest BCUT2D eigenvalue weighted by Gasteiger charge is 2.45. The number of ether oxygens (including phenoxy) is 2. The molecule has 0 fully saturated rings. The number of hydrogen-bond acceptors (Lipinski definition) is 9. The molecular formula is C69H103N3O6. The molecule has 0 heterocycles. The fraction of sp³-hybridized carbons (Fsp3) is 0.507. The first-order valence-corrected chi connectivity index (χ1v) is 28.1. The van der Waals surface area contributed by atoms with E-state index in [9.17, 15) is 9.59 Å². The van der Waals surface area contributed by atoms with Crippen LogP contribution in [-0.4, -0.2) is 70.5 Å². The third kappa shape index (κ3) is 22.0. The van der Waals surface area contributed by atoms with E-state index < -0.39 is 5.60 Å². The van der Waals surface area contributed by atoms with Crippen molar-refractivity contribution in [2.24, 2.45) is 17.8 Å². The standard InChI is InChI=1S/C27H39NO3.C22H31NO.C15H25N.C5H8O2/c1-20(2)24(23-17-13-10-14-18-23)28(26(4,5)6)31-27(7,25(29)30-8)19-21(3)22-15-11-9-12-16-22;1-17(2)21(20-15-11-8-12-16-20)23(22(4,5)6)24-18(3)19-13-9-7-10-14-19;1-12(2)14(16(6)15(3,4)5)13-10-8-7-9-11-13;1-4(2)5(6)7-3/h9-18,20-21,24H,19H2,1-8H3;7-18,21H,1-6H3;7-12,14H,1-6H3;1H2,2-3H3. The molecule has 0 aromatic heterocycles. The quantitative estimate of drug-likeness (QED) is 0.0456. The average Bonchev–Trinajstić information content (AvgIpc) is 3.41. The average molecular weight is 1070 g/mol. The Hall–Kier alpha value is -5.42. The van der Waals surface area contributed by atoms with Crippen molar-refractivity contribution in [3.05, 3.63) is 192 Å². The molecule has 78 heavy (non-hydrogen) atoms. The molecular weight excluding hydrogens is 967 g/mol. The minimum atomic E-state index is -1.13. The van der Waals surface area contributed by atoms with E-state index in [4.69, 9.17) is 14.4 Å². The maximum absolute atomic E-state index is 13.0. The van der Waals surface area contributed by atoms with Crippen LogP contribution in [0.2, 0.25) is 0 Å². The van der Waals surface area contributed by atoms with Crippen LogP contribution in [0.5, 0.6) is 0 Å². The Morgan fingerprint density at radius 2 is 0.782 bits per heavy atom. The number of esters is 2. The molecule has 5 rings (SSSR count). The molecule has 6 atom stereocenters. The molecule has 0 saturated carbocycles. The molecule has 0 amide bonds. The molecule has 0 aliphatic heterocycles. The first-order valence-electron chi connectivity index (χ1n) is 28.1. The lowest BCUT2D eigenvalue weighted by Gasteiger charge is -2.46. The van der Waals surface area contributed by atoms with Gasteiger partial charge in [0.15, 0.2) is 5.60 Å². The van der Waals surface area contributed by atoms with Crippen LogP contribution in [0.1, 0.15) is 196 Å². The second-order valence-corrected chi connectivity index (χ2v) is 24.8. The SMILES string of the molecule is C=C(C)C(=O)OC.CC(C)C(c1ccccc1)N(C)C(C)(C)C.CC(ON(C(c1ccccc1)C(C)C)C(C)(C)C)c1ccccc1.COC(=O)C(C)(CC(C)c1ccccc1)ON(C(c1ccccc1)C(C)C)C(C)(C)C. The van der Waals surface area contributed by atoms with Crippen molar-refractivity contribution in [1.29, 1.82) is 0 Å². The fourth-order valence-corrected chi connectivity index (χ4v) is 9.46. The summed E-state index contributed by atoms with van der Waals surface area (Å²) in [5.74, 6) is 0.748. The number of benzene rings is 5. The summed E-state index contributed by atoms with van der Waals surface area (Å²) in [7, 11) is 4.98. The van der Waals surface area contributed by atoms with Crippen molar-refractivity contribution in [2.75, 3.05) is 21.3 Å². The molecule has 0 aliphatic rings. The predicted octanol–water partition coefficient (Wildman–Crippen LogP) is 17.6. The summed E-state index contributed by atoms with van der Waals surface area (Å²) < 4.78 is 9.49. The first-order chi connectivity index (χ1) is 36.3. The number of hydrogen-bond donors (Lipinski definition) is 0. The molecule has 0 N–H and O–H groups in total. The highest BCUT2D eigenvalue weighted by atomic mass is 16.7. The lowest BCUT2D eigenvalue weighted by Crippen LogP contribution is -2.54. The van der Waals surface area contributed by atoms with Gasteiger partial charge in [0.2, 0.25) is 0 Å². The fourth-order valence-electron chi connectivity index (χ4n) is 9.46. The zero-order valence-electron chi connectivity index (χ0n) is 52.3. The summed E-state index contributed by atoms with van der Waals surface area (Å²) in [6.45, 7) is 44.3. The van der Waals surface area contributed by atoms with E-state index in [1.165, 1.54) is 36.5 Å². The summed E-state index contributed by atoms with van der Waals surface area (Å²) in [4.78, 5) is 38.9. The second kappa shape index (κ2) is 32.0. The lowest BCUT2D eigenvalue weighted by molar-refractivity contribution is -0.304. The van der Waals surface area contributed by atoms with E-state index in [1.807, 2.05) is 54.5 Å². The zero-order chi connectivity index (χ0) is 59.2. The molecule has 9 heteroatoms. The molecule has 430 valence electrons. The van der Waals surface area contributed by atoms with Crippen LogP contribution in [0.3, 0.4) is 0 Å². The molecule has 0 spiro atoms. The molecule has 0 radical (unpaired) electrons. The number of hydroxylamine groups is 4. The van der Waals surface area contributed by atoms with Gasteiger partial charge in [0.1, 0.15) is 6.10 Å². The van der Waals surface area contributed by atoms with Crippen LogP contribution in [-0.2, 0) is 28.7 Å². The number of methoxy groups -OCH3 is 2. The Morgan fingerprint density at radius 1 is 0.462 bits per heavy atom. The Balaban J connectivity index is 0.000000391. The summed E-state index contributed by atoms with van der Waals surface area (Å²) in [6, 6.07) is 53.1. The van der Waals surface area contributed by atoms with E-state index in [2.05, 4.69) is 255 Å². The zero-order valence-corrected chi connectivity index (χ0v) is 52.3. The number of nitrogens with zero attached hydrogens (tertiary/aromatic N) is 3. The molecule has 6 unspecified atom stereocenters. The Bertz CT molecular complexity index is 2440. The molecule has 5 aromatic rings. The Labute approximate surface area is 474 Å². The van der Waals surface area contributed by atoms with E-state index in [0.29, 0.717) is 29.9 Å². The highest BCUT2D eigenvalue weighted by molar-refractivity contribution is 5.86. The van der Waals surface area contributed by atoms with Gasteiger partial charge in [-0.2, -0.15) is 10.1 Å². The highest BCUT2D eigenvalue weighted by Crippen LogP contribution is 2.41. The smallest absolute Gasteiger partial charge is 0.340 e. The Morgan fingerprint density at radius 3 is 1.06 bits per heavy atom. The summed E-state index contributed by atoms with van der Waals surface area (Å²) in [5.41, 5.74) is 5.30. The second-order valence-electron chi connectivity index (χ2n) is 24.8. The van der Waals surface area contributed by atoms with Gasteiger partial charge >= 0.3 is 11.9 Å². The lowest BCUT2D eigenvalue weighted by atomic mass is 9.88. The van der Waals surface area contributed by atoms with Crippen molar-refractivity contribution in [3.8, 4) is 0 Å². The molecule has 0 aliphatic carbocycles. The van der Waals surface area contributed by atoms with Gasteiger partial charge in [0.25, 0.3) is 0 Å². The summed E-state index contributed by atoms with van der Waals surface area (Å²) >= 11 is 0. The summed E-state index contributed by atoms with van der Waals surface area (Å²) in [6.07, 6.45) is 0.519. The number of carbonyl (C=O) groups excluding carboxylic acids is 2. The van der Waals surface area contributed by atoms with Crippen molar-refractivity contribution in [3.63, 3.8) is 0 Å². The van der Waals surface area contributed by atoms with Gasteiger partial charge in [-0.25, -0.2) is 9.59 Å². The number of carbonyl (C=O) groups is 2. The largest absolute Gasteiger partial charge is 0.467 e. The van der Waals surface area contributed by atoms with E-state index in [0.717, 1.165) is 5.56 Å². The maximum atomic E-state index is 13.0. The van der Waals surface area contributed by atoms with Gasteiger partial charge in [-0.05, 0) is 148 Å². The van der Waals surface area contributed by atoms with Crippen molar-refractivity contribution >= 4 is 11.9 Å². The van der Waals surface area contributed by atoms with Gasteiger partial charge in [-0.15, -0.1) is 0 Å². The predicted molar refractivity (Wildman–Crippen MR) is 327 cm³/mol. The monoisotopic (exact) mass is 1070 g/mol. The third-order valence-corrected chi connectivity index (χ3v) is 13.7.